The number of nitrogens with zero attached hydrogens (tertiary/aromatic N) is 3. The summed E-state index contributed by atoms with van der Waals surface area (Å²) in [6.07, 6.45) is 1.69. The Morgan fingerprint density at radius 3 is 1.71 bits per heavy atom. The van der Waals surface area contributed by atoms with Gasteiger partial charge in [0.15, 0.2) is 5.11 Å². The van der Waals surface area contributed by atoms with E-state index in [1.165, 1.54) is 43.4 Å². The molecule has 0 bridgehead atoms. The van der Waals surface area contributed by atoms with Gasteiger partial charge in [-0.2, -0.15) is 0 Å². The van der Waals surface area contributed by atoms with Gasteiger partial charge in [-0.15, -0.1) is 0 Å². The van der Waals surface area contributed by atoms with Crippen molar-refractivity contribution < 1.29 is 9.59 Å². The van der Waals surface area contributed by atoms with Crippen LogP contribution in [-0.2, 0) is 15.0 Å². The Balaban J connectivity index is 1.68. The summed E-state index contributed by atoms with van der Waals surface area (Å²) in [6, 6.07) is 17.6. The van der Waals surface area contributed by atoms with E-state index in [4.69, 9.17) is 12.2 Å². The summed E-state index contributed by atoms with van der Waals surface area (Å²) in [5.41, 5.74) is 11.3. The van der Waals surface area contributed by atoms with Crippen LogP contribution in [-0.4, -0.2) is 40.8 Å². The van der Waals surface area contributed by atoms with E-state index in [0.717, 1.165) is 22.4 Å². The quantitative estimate of drug-likeness (QED) is 0.215. The van der Waals surface area contributed by atoms with Gasteiger partial charge in [-0.05, 0) is 98.1 Å². The Bertz CT molecular complexity index is 1500. The Kier molecular flexibility index (Phi) is 6.07. The summed E-state index contributed by atoms with van der Waals surface area (Å²) < 4.78 is 0. The summed E-state index contributed by atoms with van der Waals surface area (Å²) in [7, 11) is 3.19. The number of carbonyl (C=O) groups is 2. The molecule has 1 saturated heterocycles. The van der Waals surface area contributed by atoms with Crippen LogP contribution in [0.15, 0.2) is 54.1 Å². The predicted molar refractivity (Wildman–Crippen MR) is 158 cm³/mol. The van der Waals surface area contributed by atoms with Gasteiger partial charge in [-0.25, -0.2) is 0 Å². The molecular formula is C32H33N3O2S. The molecule has 0 saturated carbocycles. The Hall–Kier alpha value is -3.77. The molecule has 6 heteroatoms. The second-order valence-electron chi connectivity index (χ2n) is 11.1. The molecule has 38 heavy (non-hydrogen) atoms. The van der Waals surface area contributed by atoms with Crippen molar-refractivity contribution in [1.82, 2.24) is 9.80 Å². The highest BCUT2D eigenvalue weighted by atomic mass is 32.1. The Labute approximate surface area is 230 Å². The van der Waals surface area contributed by atoms with Crippen molar-refractivity contribution >= 4 is 52.3 Å². The molecule has 194 valence electrons. The second-order valence-corrected chi connectivity index (χ2v) is 11.4. The lowest BCUT2D eigenvalue weighted by molar-refractivity contribution is -0.132. The first kappa shape index (κ1) is 25.9. The van der Waals surface area contributed by atoms with Gasteiger partial charge < -0.3 is 4.90 Å². The molecular weight excluding hydrogens is 490 g/mol. The van der Waals surface area contributed by atoms with Gasteiger partial charge in [0, 0.05) is 25.2 Å². The van der Waals surface area contributed by atoms with Crippen LogP contribution in [0.1, 0.15) is 52.8 Å². The summed E-state index contributed by atoms with van der Waals surface area (Å²) in [6.45, 7) is 13.0. The van der Waals surface area contributed by atoms with Gasteiger partial charge in [0.25, 0.3) is 11.8 Å². The average molecular weight is 524 g/mol. The highest BCUT2D eigenvalue weighted by molar-refractivity contribution is 7.80. The van der Waals surface area contributed by atoms with Crippen LogP contribution in [0.2, 0.25) is 0 Å². The van der Waals surface area contributed by atoms with Gasteiger partial charge in [0.1, 0.15) is 5.57 Å². The smallest absolute Gasteiger partial charge is 0.265 e. The van der Waals surface area contributed by atoms with E-state index in [9.17, 15) is 9.59 Å². The monoisotopic (exact) mass is 523 g/mol. The molecule has 1 fully saturated rings. The first-order chi connectivity index (χ1) is 17.8. The highest BCUT2D eigenvalue weighted by Crippen LogP contribution is 2.53. The number of benzene rings is 3. The molecule has 0 radical (unpaired) electrons. The molecule has 0 atom stereocenters. The fourth-order valence-electron chi connectivity index (χ4n) is 5.58. The number of carbonyl (C=O) groups excluding carboxylic acids is 2. The first-order valence-corrected chi connectivity index (χ1v) is 13.2. The predicted octanol–water partition coefficient (Wildman–Crippen LogP) is 6.63. The number of hydrogen-bond acceptors (Lipinski definition) is 4. The zero-order valence-electron chi connectivity index (χ0n) is 23.3. The number of likely N-dealkylation sites (N-methyl/N-ethyl adjacent to an activating group) is 2. The average Bonchev–Trinajstić information content (AvgIpc) is 2.87. The third-order valence-electron chi connectivity index (χ3n) is 7.90. The van der Waals surface area contributed by atoms with Crippen molar-refractivity contribution in [3.05, 3.63) is 93.0 Å². The maximum atomic E-state index is 12.9. The van der Waals surface area contributed by atoms with Crippen LogP contribution >= 0.6 is 12.2 Å². The first-order valence-electron chi connectivity index (χ1n) is 12.8. The molecule has 2 heterocycles. The molecule has 0 unspecified atom stereocenters. The van der Waals surface area contributed by atoms with E-state index in [1.807, 2.05) is 6.92 Å². The third kappa shape index (κ3) is 3.86. The Morgan fingerprint density at radius 2 is 1.21 bits per heavy atom. The number of aryl methyl sites for hydroxylation is 4. The van der Waals surface area contributed by atoms with Gasteiger partial charge in [-0.1, -0.05) is 49.2 Å². The van der Waals surface area contributed by atoms with Crippen molar-refractivity contribution in [3.63, 3.8) is 0 Å². The van der Waals surface area contributed by atoms with Crippen LogP contribution in [0.3, 0.4) is 0 Å². The van der Waals surface area contributed by atoms with Crippen molar-refractivity contribution in [1.29, 1.82) is 0 Å². The second kappa shape index (κ2) is 8.91. The van der Waals surface area contributed by atoms with Crippen LogP contribution in [0.4, 0.5) is 17.1 Å². The number of fused-ring (bicyclic) bond motifs is 2. The topological polar surface area (TPSA) is 43.9 Å². The van der Waals surface area contributed by atoms with Crippen LogP contribution < -0.4 is 4.90 Å². The molecule has 0 aromatic heterocycles. The minimum atomic E-state index is -0.383. The fourth-order valence-corrected chi connectivity index (χ4v) is 5.74. The maximum Gasteiger partial charge on any atom is 0.265 e. The maximum absolute atomic E-state index is 12.9. The lowest BCUT2D eigenvalue weighted by atomic mass is 9.72. The molecule has 2 aliphatic heterocycles. The van der Waals surface area contributed by atoms with Crippen LogP contribution in [0.25, 0.3) is 6.08 Å². The van der Waals surface area contributed by atoms with Gasteiger partial charge >= 0.3 is 0 Å². The molecule has 5 rings (SSSR count). The molecule has 2 amide bonds. The van der Waals surface area contributed by atoms with E-state index in [1.54, 1.807) is 20.2 Å². The number of rotatable bonds is 2. The lowest BCUT2D eigenvalue weighted by Crippen LogP contribution is -2.52. The number of hydrogen-bond donors (Lipinski definition) is 0. The van der Waals surface area contributed by atoms with Crippen molar-refractivity contribution in [2.75, 3.05) is 19.0 Å². The van der Waals surface area contributed by atoms with E-state index in [2.05, 4.69) is 88.0 Å². The van der Waals surface area contributed by atoms with Crippen LogP contribution in [0, 0.1) is 27.7 Å². The minimum absolute atomic E-state index is 0.111. The lowest BCUT2D eigenvalue weighted by Gasteiger charge is -2.43. The SMILES string of the molecule is Cc1ccc2c(c1)C(C)(C)c1cc(C)ccc1N2c1cc(C)c(C=C2C(=O)N(C)C(=S)N(C)C2=O)cc1C. The van der Waals surface area contributed by atoms with Crippen molar-refractivity contribution in [3.8, 4) is 0 Å². The number of thiocarbonyl (C=S) groups is 1. The molecule has 0 N–H and O–H groups in total. The van der Waals surface area contributed by atoms with E-state index < -0.39 is 0 Å². The van der Waals surface area contributed by atoms with Gasteiger partial charge in [0.2, 0.25) is 0 Å². The summed E-state index contributed by atoms with van der Waals surface area (Å²) in [5.74, 6) is -0.767. The molecule has 2 aliphatic rings. The standard InChI is InChI=1S/C32H33N3O2S/c1-18-9-11-26-24(13-18)32(5,6)25-14-19(2)10-12-27(25)35(26)28-16-20(3)22(15-21(28)4)17-23-29(36)33(7)31(38)34(8)30(23)37/h9-17H,1-8H3. The molecule has 3 aromatic carbocycles. The molecule has 3 aromatic rings. The van der Waals surface area contributed by atoms with E-state index >= 15 is 0 Å². The van der Waals surface area contributed by atoms with Crippen molar-refractivity contribution in [2.45, 2.75) is 47.0 Å². The molecule has 0 spiro atoms. The molecule has 5 nitrogen and oxygen atoms in total. The molecule has 0 aliphatic carbocycles. The summed E-state index contributed by atoms with van der Waals surface area (Å²) >= 11 is 5.23. The minimum Gasteiger partial charge on any atom is -0.310 e. The zero-order chi connectivity index (χ0) is 27.7. The number of anilines is 3. The largest absolute Gasteiger partial charge is 0.310 e. The summed E-state index contributed by atoms with van der Waals surface area (Å²) in [4.78, 5) is 30.9. The van der Waals surface area contributed by atoms with Crippen molar-refractivity contribution in [2.24, 2.45) is 0 Å². The Morgan fingerprint density at radius 1 is 0.711 bits per heavy atom. The zero-order valence-corrected chi connectivity index (χ0v) is 24.1. The van der Waals surface area contributed by atoms with E-state index in [0.29, 0.717) is 0 Å². The number of amides is 2. The van der Waals surface area contributed by atoms with Gasteiger partial charge in [0.05, 0.1) is 11.4 Å². The van der Waals surface area contributed by atoms with Crippen LogP contribution in [0.5, 0.6) is 0 Å². The normalized spacial score (nSPS) is 16.6. The summed E-state index contributed by atoms with van der Waals surface area (Å²) in [5, 5.41) is 0.205. The third-order valence-corrected chi connectivity index (χ3v) is 8.45. The van der Waals surface area contributed by atoms with Gasteiger partial charge in [-0.3, -0.25) is 19.4 Å². The van der Waals surface area contributed by atoms with E-state index in [-0.39, 0.29) is 27.9 Å². The fraction of sp³-hybridized carbons (Fsp3) is 0.281. The highest BCUT2D eigenvalue weighted by Gasteiger charge is 2.38.